The predicted molar refractivity (Wildman–Crippen MR) is 275 cm³/mol. The molecular weight excluding hydrogens is 836 g/mol. The number of carbonyl (C=O) groups excluding carboxylic acids is 1. The van der Waals surface area contributed by atoms with Crippen molar-refractivity contribution in [3.05, 3.63) is 12.2 Å². The first-order chi connectivity index (χ1) is 31.8. The smallest absolute Gasteiger partial charge is 0.457 e. The zero-order chi connectivity index (χ0) is 47.4. The lowest BCUT2D eigenvalue weighted by atomic mass is 10.0. The average molecular weight is 945 g/mol. The number of aliphatic hydroxyl groups is 2. The van der Waals surface area contributed by atoms with Crippen molar-refractivity contribution in [3.8, 4) is 0 Å². The summed E-state index contributed by atoms with van der Waals surface area (Å²) >= 11 is 0. The van der Waals surface area contributed by atoms with Crippen LogP contribution in [0.15, 0.2) is 12.2 Å². The second-order valence-corrected chi connectivity index (χ2v) is 20.8. The molecule has 0 aromatic rings. The summed E-state index contributed by atoms with van der Waals surface area (Å²) in [7, 11) is -4.52. The molecule has 0 aliphatic carbocycles. The minimum absolute atomic E-state index is 0.0559. The summed E-state index contributed by atoms with van der Waals surface area (Å²) in [6.45, 7) is 3.60. The second kappa shape index (κ2) is 52.6. The molecule has 0 fully saturated rings. The number of hydrogen-bond acceptors (Lipinski definition) is 8. The van der Waals surface area contributed by atoms with Crippen LogP contribution in [-0.4, -0.2) is 66.3 Å². The Kier molecular flexibility index (Phi) is 51.9. The molecule has 3 unspecified atom stereocenters. The third-order valence-corrected chi connectivity index (χ3v) is 13.7. The van der Waals surface area contributed by atoms with E-state index in [2.05, 4.69) is 26.0 Å². The van der Waals surface area contributed by atoms with Crippen LogP contribution in [0.25, 0.3) is 0 Å². The van der Waals surface area contributed by atoms with Crippen LogP contribution in [0, 0.1) is 0 Å². The Bertz CT molecular complexity index is 1030. The van der Waals surface area contributed by atoms with Crippen LogP contribution in [0.1, 0.15) is 290 Å². The van der Waals surface area contributed by atoms with Crippen molar-refractivity contribution in [3.63, 3.8) is 0 Å². The number of phosphoric acid groups is 1. The van der Waals surface area contributed by atoms with Crippen molar-refractivity contribution in [2.24, 2.45) is 0 Å². The topological polar surface area (TPSA) is 132 Å². The molecule has 0 amide bonds. The summed E-state index contributed by atoms with van der Waals surface area (Å²) in [6, 6.07) is 0. The van der Waals surface area contributed by atoms with E-state index in [4.69, 9.17) is 23.6 Å². The van der Waals surface area contributed by atoms with Crippen molar-refractivity contribution >= 4 is 13.8 Å². The van der Waals surface area contributed by atoms with Gasteiger partial charge in [-0.2, -0.15) is 0 Å². The molecule has 0 saturated carbocycles. The van der Waals surface area contributed by atoms with Gasteiger partial charge >= 0.3 is 13.8 Å². The number of aliphatic hydroxyl groups excluding tert-OH is 2. The Labute approximate surface area is 402 Å². The van der Waals surface area contributed by atoms with Crippen molar-refractivity contribution in [1.29, 1.82) is 0 Å². The third kappa shape index (κ3) is 52.4. The van der Waals surface area contributed by atoms with Crippen molar-refractivity contribution in [2.75, 3.05) is 33.0 Å². The molecule has 0 spiro atoms. The Morgan fingerprint density at radius 2 is 0.785 bits per heavy atom. The summed E-state index contributed by atoms with van der Waals surface area (Å²) in [5, 5.41) is 18.4. The molecule has 3 atom stereocenters. The molecule has 0 aromatic carbocycles. The van der Waals surface area contributed by atoms with Crippen molar-refractivity contribution < 1.29 is 43.0 Å². The Morgan fingerprint density at radius 1 is 0.462 bits per heavy atom. The minimum Gasteiger partial charge on any atom is -0.457 e. The van der Waals surface area contributed by atoms with Crippen molar-refractivity contribution in [2.45, 2.75) is 302 Å². The Morgan fingerprint density at radius 3 is 1.15 bits per heavy atom. The van der Waals surface area contributed by atoms with Crippen LogP contribution in [0.5, 0.6) is 0 Å². The van der Waals surface area contributed by atoms with Gasteiger partial charge in [-0.05, 0) is 38.5 Å². The van der Waals surface area contributed by atoms with E-state index in [1.165, 1.54) is 238 Å². The van der Waals surface area contributed by atoms with Gasteiger partial charge in [-0.1, -0.05) is 257 Å². The van der Waals surface area contributed by atoms with Crippen LogP contribution in [0.3, 0.4) is 0 Å². The SMILES string of the molecule is CCCCCCCCCC/C=C\CCCCCCCCCCCCCCOCC(COP(=O)(O)OCC(O)CO)OC(=O)CCCCCCCCCCCCCCCCCCCCCC. The molecule has 9 nitrogen and oxygen atoms in total. The number of phosphoric ester groups is 1. The monoisotopic (exact) mass is 945 g/mol. The molecule has 0 saturated heterocycles. The number of esters is 1. The molecule has 0 aromatic heterocycles. The molecule has 388 valence electrons. The van der Waals surface area contributed by atoms with E-state index in [9.17, 15) is 19.4 Å². The van der Waals surface area contributed by atoms with Gasteiger partial charge in [-0.3, -0.25) is 13.8 Å². The number of ether oxygens (including phenoxy) is 2. The fourth-order valence-electron chi connectivity index (χ4n) is 8.41. The normalized spacial score (nSPS) is 13.7. The van der Waals surface area contributed by atoms with E-state index in [1.807, 2.05) is 0 Å². The Balaban J connectivity index is 3.97. The largest absolute Gasteiger partial charge is 0.472 e. The van der Waals surface area contributed by atoms with Gasteiger partial charge in [0.15, 0.2) is 0 Å². The van der Waals surface area contributed by atoms with Gasteiger partial charge in [-0.15, -0.1) is 0 Å². The predicted octanol–water partition coefficient (Wildman–Crippen LogP) is 16.8. The van der Waals surface area contributed by atoms with Gasteiger partial charge in [0.2, 0.25) is 0 Å². The van der Waals surface area contributed by atoms with E-state index < -0.39 is 33.2 Å². The molecule has 10 heteroatoms. The third-order valence-electron chi connectivity index (χ3n) is 12.7. The molecule has 0 bridgehead atoms. The summed E-state index contributed by atoms with van der Waals surface area (Å²) < 4.78 is 33.6. The van der Waals surface area contributed by atoms with Crippen LogP contribution < -0.4 is 0 Å². The number of allylic oxidation sites excluding steroid dienone is 2. The fourth-order valence-corrected chi connectivity index (χ4v) is 9.20. The van der Waals surface area contributed by atoms with Gasteiger partial charge in [0.05, 0.1) is 26.4 Å². The molecule has 0 aliphatic heterocycles. The fraction of sp³-hybridized carbons (Fsp3) is 0.945. The molecule has 0 radical (unpaired) electrons. The van der Waals surface area contributed by atoms with E-state index in [-0.39, 0.29) is 25.6 Å². The first-order valence-corrected chi connectivity index (χ1v) is 29.7. The quantitative estimate of drug-likeness (QED) is 0.0236. The molecular formula is C55H109O9P. The van der Waals surface area contributed by atoms with Crippen LogP contribution in [0.4, 0.5) is 0 Å². The average Bonchev–Trinajstić information content (AvgIpc) is 3.30. The maximum Gasteiger partial charge on any atom is 0.472 e. The van der Waals surface area contributed by atoms with E-state index >= 15 is 0 Å². The van der Waals surface area contributed by atoms with Gasteiger partial charge in [0.1, 0.15) is 12.2 Å². The molecule has 3 N–H and O–H groups in total. The first kappa shape index (κ1) is 64.2. The molecule has 0 heterocycles. The van der Waals surface area contributed by atoms with Gasteiger partial charge in [-0.25, -0.2) is 4.57 Å². The highest BCUT2D eigenvalue weighted by Gasteiger charge is 2.26. The molecule has 0 rings (SSSR count). The van der Waals surface area contributed by atoms with E-state index in [1.54, 1.807) is 0 Å². The lowest BCUT2D eigenvalue weighted by molar-refractivity contribution is -0.154. The highest BCUT2D eigenvalue weighted by atomic mass is 31.2. The number of hydrogen-bond donors (Lipinski definition) is 3. The van der Waals surface area contributed by atoms with E-state index in [0.717, 1.165) is 32.1 Å². The summed E-state index contributed by atoms with van der Waals surface area (Å²) in [4.78, 5) is 22.7. The van der Waals surface area contributed by atoms with E-state index in [0.29, 0.717) is 6.61 Å². The highest BCUT2D eigenvalue weighted by Crippen LogP contribution is 2.43. The number of rotatable bonds is 55. The van der Waals surface area contributed by atoms with Crippen molar-refractivity contribution in [1.82, 2.24) is 0 Å². The second-order valence-electron chi connectivity index (χ2n) is 19.3. The van der Waals surface area contributed by atoms with Crippen LogP contribution in [0.2, 0.25) is 0 Å². The number of carbonyl (C=O) groups is 1. The first-order valence-electron chi connectivity index (χ1n) is 28.2. The molecule has 65 heavy (non-hydrogen) atoms. The Hall–Kier alpha value is -0.800. The standard InChI is InChI=1S/C55H109O9P/c1-3-5-7-9-11-13-15-17-19-21-23-25-26-27-28-30-32-34-36-38-40-42-44-46-48-61-51-54(52-63-65(59,60)62-50-53(57)49-56)64-55(58)47-45-43-41-39-37-35-33-31-29-24-22-20-18-16-14-12-10-8-6-4-2/h21,23,53-54,56-57H,3-20,22,24-52H2,1-2H3,(H,59,60)/b23-21-. The van der Waals surface area contributed by atoms with Gasteiger partial charge in [0, 0.05) is 13.0 Å². The maximum atomic E-state index is 12.7. The van der Waals surface area contributed by atoms with Gasteiger partial charge in [0.25, 0.3) is 0 Å². The molecule has 0 aliphatic rings. The lowest BCUT2D eigenvalue weighted by Crippen LogP contribution is -2.29. The van der Waals surface area contributed by atoms with Crippen LogP contribution >= 0.6 is 7.82 Å². The maximum absolute atomic E-state index is 12.7. The van der Waals surface area contributed by atoms with Crippen LogP contribution in [-0.2, 0) is 27.9 Å². The lowest BCUT2D eigenvalue weighted by Gasteiger charge is -2.20. The zero-order valence-electron chi connectivity index (χ0n) is 43.0. The summed E-state index contributed by atoms with van der Waals surface area (Å²) in [5.41, 5.74) is 0. The van der Waals surface area contributed by atoms with Gasteiger partial charge < -0.3 is 24.6 Å². The number of unbranched alkanes of at least 4 members (excludes halogenated alkanes) is 39. The summed E-state index contributed by atoms with van der Waals surface area (Å²) in [5.74, 6) is -0.374. The zero-order valence-corrected chi connectivity index (χ0v) is 43.9. The summed E-state index contributed by atoms with van der Waals surface area (Å²) in [6.07, 6.45) is 57.6. The minimum atomic E-state index is -4.52. The highest BCUT2D eigenvalue weighted by molar-refractivity contribution is 7.47.